The number of hydrogen-bond donors (Lipinski definition) is 3. The van der Waals surface area contributed by atoms with Gasteiger partial charge in [-0.2, -0.15) is 0 Å². The van der Waals surface area contributed by atoms with Crippen molar-refractivity contribution in [2.45, 2.75) is 19.8 Å². The summed E-state index contributed by atoms with van der Waals surface area (Å²) in [7, 11) is 0. The Morgan fingerprint density at radius 1 is 1.33 bits per heavy atom. The average Bonchev–Trinajstić information content (AvgIpc) is 2.03. The first kappa shape index (κ1) is 8.87. The first-order chi connectivity index (χ1) is 5.66. The second-order valence-corrected chi connectivity index (χ2v) is 3.11. The predicted molar refractivity (Wildman–Crippen MR) is 52.8 cm³/mol. The highest BCUT2D eigenvalue weighted by molar-refractivity contribution is 5.70. The van der Waals surface area contributed by atoms with Gasteiger partial charge in [-0.15, -0.1) is 0 Å². The molecule has 0 radical (unpaired) electrons. The fourth-order valence-corrected chi connectivity index (χ4v) is 1.24. The van der Waals surface area contributed by atoms with E-state index in [1.54, 1.807) is 0 Å². The maximum atomic E-state index is 5.73. The lowest BCUT2D eigenvalue weighted by atomic mass is 10.0. The molecule has 1 rings (SSSR count). The number of para-hydroxylation sites is 1. The summed E-state index contributed by atoms with van der Waals surface area (Å²) in [6.45, 7) is 4.21. The lowest BCUT2D eigenvalue weighted by Gasteiger charge is -2.13. The van der Waals surface area contributed by atoms with Crippen LogP contribution in [0.4, 0.5) is 11.4 Å². The van der Waals surface area contributed by atoms with E-state index in [0.717, 1.165) is 11.3 Å². The molecule has 0 atom stereocenters. The van der Waals surface area contributed by atoms with Gasteiger partial charge >= 0.3 is 0 Å². The van der Waals surface area contributed by atoms with Gasteiger partial charge in [-0.25, -0.2) is 0 Å². The molecule has 0 saturated heterocycles. The number of benzene rings is 1. The van der Waals surface area contributed by atoms with Crippen molar-refractivity contribution in [2.24, 2.45) is 5.84 Å². The summed E-state index contributed by atoms with van der Waals surface area (Å²) in [5.74, 6) is 5.79. The molecule has 66 valence electrons. The molecule has 0 aliphatic rings. The molecule has 0 aliphatic carbocycles. The molecule has 0 spiro atoms. The molecule has 0 bridgehead atoms. The van der Waals surface area contributed by atoms with Crippen LogP contribution in [-0.2, 0) is 0 Å². The number of rotatable bonds is 2. The van der Waals surface area contributed by atoms with Crippen molar-refractivity contribution in [3.63, 3.8) is 0 Å². The van der Waals surface area contributed by atoms with E-state index in [4.69, 9.17) is 11.6 Å². The molecule has 5 N–H and O–H groups in total. The van der Waals surface area contributed by atoms with Crippen LogP contribution in [0.5, 0.6) is 0 Å². The highest BCUT2D eigenvalue weighted by Gasteiger charge is 2.07. The van der Waals surface area contributed by atoms with Gasteiger partial charge in [0.2, 0.25) is 0 Å². The SMILES string of the molecule is CC(C)c1cccc(N)c1NN. The first-order valence-corrected chi connectivity index (χ1v) is 4.01. The molecular weight excluding hydrogens is 150 g/mol. The largest absolute Gasteiger partial charge is 0.397 e. The standard InChI is InChI=1S/C9H15N3/c1-6(2)7-4-3-5-8(10)9(7)12-11/h3-6,12H,10-11H2,1-2H3. The second-order valence-electron chi connectivity index (χ2n) is 3.11. The Kier molecular flexibility index (Phi) is 2.55. The van der Waals surface area contributed by atoms with Gasteiger partial charge in [0.1, 0.15) is 0 Å². The molecule has 0 saturated carbocycles. The van der Waals surface area contributed by atoms with E-state index in [9.17, 15) is 0 Å². The van der Waals surface area contributed by atoms with E-state index in [1.165, 1.54) is 0 Å². The Balaban J connectivity index is 3.18. The monoisotopic (exact) mass is 165 g/mol. The van der Waals surface area contributed by atoms with Crippen molar-refractivity contribution in [3.8, 4) is 0 Å². The zero-order chi connectivity index (χ0) is 9.14. The number of hydrogen-bond acceptors (Lipinski definition) is 3. The first-order valence-electron chi connectivity index (χ1n) is 4.01. The van der Waals surface area contributed by atoms with Crippen molar-refractivity contribution in [1.82, 2.24) is 0 Å². The highest BCUT2D eigenvalue weighted by Crippen LogP contribution is 2.28. The van der Waals surface area contributed by atoms with Gasteiger partial charge in [-0.05, 0) is 17.5 Å². The topological polar surface area (TPSA) is 64.1 Å². The maximum absolute atomic E-state index is 5.73. The minimum absolute atomic E-state index is 0.430. The average molecular weight is 165 g/mol. The summed E-state index contributed by atoms with van der Waals surface area (Å²) in [4.78, 5) is 0. The van der Waals surface area contributed by atoms with Crippen molar-refractivity contribution in [3.05, 3.63) is 23.8 Å². The molecule has 12 heavy (non-hydrogen) atoms. The Bertz CT molecular complexity index is 268. The van der Waals surface area contributed by atoms with Crippen molar-refractivity contribution in [1.29, 1.82) is 0 Å². The molecule has 0 fully saturated rings. The highest BCUT2D eigenvalue weighted by atomic mass is 15.2. The molecule has 3 heteroatoms. The van der Waals surface area contributed by atoms with Crippen molar-refractivity contribution < 1.29 is 0 Å². The third-order valence-electron chi connectivity index (χ3n) is 1.90. The van der Waals surface area contributed by atoms with Crippen molar-refractivity contribution >= 4 is 11.4 Å². The van der Waals surface area contributed by atoms with Gasteiger partial charge in [0.15, 0.2) is 0 Å². The summed E-state index contributed by atoms with van der Waals surface area (Å²) in [6, 6.07) is 5.79. The van der Waals surface area contributed by atoms with Gasteiger partial charge in [-0.3, -0.25) is 5.84 Å². The normalized spacial score (nSPS) is 10.3. The van der Waals surface area contributed by atoms with E-state index in [1.807, 2.05) is 18.2 Å². The zero-order valence-electron chi connectivity index (χ0n) is 7.46. The molecule has 0 aromatic heterocycles. The van der Waals surface area contributed by atoms with Crippen LogP contribution >= 0.6 is 0 Å². The summed E-state index contributed by atoms with van der Waals surface area (Å²) >= 11 is 0. The molecule has 1 aromatic rings. The summed E-state index contributed by atoms with van der Waals surface area (Å²) in [5, 5.41) is 0. The van der Waals surface area contributed by atoms with Gasteiger partial charge < -0.3 is 11.2 Å². The number of nitrogens with two attached hydrogens (primary N) is 2. The molecule has 0 heterocycles. The quantitative estimate of drug-likeness (QED) is 0.355. The molecular formula is C9H15N3. The van der Waals surface area contributed by atoms with Crippen LogP contribution in [0, 0.1) is 0 Å². The smallest absolute Gasteiger partial charge is 0.0751 e. The minimum Gasteiger partial charge on any atom is -0.397 e. The Labute approximate surface area is 72.7 Å². The van der Waals surface area contributed by atoms with Crippen LogP contribution in [0.1, 0.15) is 25.3 Å². The fraction of sp³-hybridized carbons (Fsp3) is 0.333. The predicted octanol–water partition coefficient (Wildman–Crippen LogP) is 1.68. The van der Waals surface area contributed by atoms with Gasteiger partial charge in [0.25, 0.3) is 0 Å². The van der Waals surface area contributed by atoms with Crippen molar-refractivity contribution in [2.75, 3.05) is 11.2 Å². The Morgan fingerprint density at radius 2 is 2.00 bits per heavy atom. The molecule has 0 amide bonds. The molecule has 1 aromatic carbocycles. The third kappa shape index (κ3) is 1.51. The zero-order valence-corrected chi connectivity index (χ0v) is 7.46. The van der Waals surface area contributed by atoms with Gasteiger partial charge in [-0.1, -0.05) is 26.0 Å². The van der Waals surface area contributed by atoms with Crippen LogP contribution < -0.4 is 17.0 Å². The Hall–Kier alpha value is -1.22. The molecule has 3 nitrogen and oxygen atoms in total. The maximum Gasteiger partial charge on any atom is 0.0751 e. The fourth-order valence-electron chi connectivity index (χ4n) is 1.24. The van der Waals surface area contributed by atoms with E-state index >= 15 is 0 Å². The van der Waals surface area contributed by atoms with Crippen LogP contribution in [0.3, 0.4) is 0 Å². The molecule has 0 aliphatic heterocycles. The summed E-state index contributed by atoms with van der Waals surface area (Å²) < 4.78 is 0. The van der Waals surface area contributed by atoms with E-state index < -0.39 is 0 Å². The van der Waals surface area contributed by atoms with E-state index in [0.29, 0.717) is 11.6 Å². The van der Waals surface area contributed by atoms with Gasteiger partial charge in [0.05, 0.1) is 11.4 Å². The number of hydrazine groups is 1. The van der Waals surface area contributed by atoms with E-state index in [-0.39, 0.29) is 0 Å². The summed E-state index contributed by atoms with van der Waals surface area (Å²) in [5.41, 5.74) is 11.0. The number of nitrogen functional groups attached to an aromatic ring is 2. The Morgan fingerprint density at radius 3 is 2.42 bits per heavy atom. The summed E-state index contributed by atoms with van der Waals surface area (Å²) in [6.07, 6.45) is 0. The third-order valence-corrected chi connectivity index (χ3v) is 1.90. The number of nitrogens with one attached hydrogen (secondary N) is 1. The van der Waals surface area contributed by atoms with Crippen LogP contribution in [-0.4, -0.2) is 0 Å². The second kappa shape index (κ2) is 3.45. The minimum atomic E-state index is 0.430. The molecule has 0 unspecified atom stereocenters. The van der Waals surface area contributed by atoms with Crippen LogP contribution in [0.25, 0.3) is 0 Å². The van der Waals surface area contributed by atoms with Crippen LogP contribution in [0.15, 0.2) is 18.2 Å². The lowest BCUT2D eigenvalue weighted by molar-refractivity contribution is 0.867. The van der Waals surface area contributed by atoms with Gasteiger partial charge in [0, 0.05) is 0 Å². The lowest BCUT2D eigenvalue weighted by Crippen LogP contribution is -2.12. The van der Waals surface area contributed by atoms with E-state index in [2.05, 4.69) is 19.3 Å². The van der Waals surface area contributed by atoms with Crippen LogP contribution in [0.2, 0.25) is 0 Å². The number of anilines is 2.